The first kappa shape index (κ1) is 22.4. The van der Waals surface area contributed by atoms with Gasteiger partial charge in [-0.05, 0) is 60.0 Å². The number of nitrogens with zero attached hydrogens (tertiary/aromatic N) is 1. The zero-order valence-electron chi connectivity index (χ0n) is 18.4. The quantitative estimate of drug-likeness (QED) is 0.457. The number of H-pyrrole nitrogens is 1. The van der Waals surface area contributed by atoms with Crippen molar-refractivity contribution in [3.8, 4) is 0 Å². The summed E-state index contributed by atoms with van der Waals surface area (Å²) in [6, 6.07) is 5.37. The van der Waals surface area contributed by atoms with Crippen LogP contribution < -0.4 is 0 Å². The van der Waals surface area contributed by atoms with Gasteiger partial charge in [0.25, 0.3) is 0 Å². The third kappa shape index (κ3) is 2.97. The maximum Gasteiger partial charge on any atom is 0.327 e. The summed E-state index contributed by atoms with van der Waals surface area (Å²) in [5.74, 6) is -3.45. The molecule has 2 aliphatic heterocycles. The van der Waals surface area contributed by atoms with Crippen LogP contribution in [0.5, 0.6) is 0 Å². The number of hydrogen-bond acceptors (Lipinski definition) is 6. The van der Waals surface area contributed by atoms with Crippen LogP contribution in [0.15, 0.2) is 29.3 Å². The molecule has 10 heteroatoms. The van der Waals surface area contributed by atoms with Crippen LogP contribution in [0, 0.1) is 45.3 Å². The maximum absolute atomic E-state index is 13.7. The van der Waals surface area contributed by atoms with Gasteiger partial charge < -0.3 is 10.1 Å². The molecule has 1 saturated heterocycles. The number of aromatic amines is 1. The fraction of sp³-hybridized carbons (Fsp3) is 0.500. The molecule has 2 saturated carbocycles. The molecule has 4 aliphatic rings. The summed E-state index contributed by atoms with van der Waals surface area (Å²) in [5.41, 5.74) is 0.978. The van der Waals surface area contributed by atoms with Crippen molar-refractivity contribution in [2.24, 2.45) is 35.5 Å². The second-order valence-electron chi connectivity index (χ2n) is 10.1. The van der Waals surface area contributed by atoms with Crippen LogP contribution in [0.1, 0.15) is 36.6 Å². The Kier molecular flexibility index (Phi) is 5.10. The molecule has 2 bridgehead atoms. The molecule has 1 aromatic heterocycles. The minimum absolute atomic E-state index is 0.00831. The standard InChI is InChI=1S/C24H23FN2O4S3/c1-8(2)17(23(30)31)27-21(28)15-11-7-12(16(15)22(27)29)18-14(11)13(9-3-5-10(25)6-4-9)19-20(33-18)26-24(32)34-19/h3-6,8,11-18H,7H2,1-2H3,(H,26,32)(H,30,31). The van der Waals surface area contributed by atoms with Gasteiger partial charge in [0.05, 0.1) is 16.9 Å². The van der Waals surface area contributed by atoms with Gasteiger partial charge in [0, 0.05) is 16.0 Å². The van der Waals surface area contributed by atoms with Crippen molar-refractivity contribution in [1.29, 1.82) is 0 Å². The molecule has 0 radical (unpaired) electrons. The van der Waals surface area contributed by atoms with Crippen LogP contribution in [-0.2, 0) is 14.4 Å². The number of thioether (sulfide) groups is 1. The molecule has 6 nitrogen and oxygen atoms in total. The van der Waals surface area contributed by atoms with Gasteiger partial charge in [-0.2, -0.15) is 0 Å². The van der Waals surface area contributed by atoms with Gasteiger partial charge in [-0.25, -0.2) is 9.18 Å². The first-order valence-corrected chi connectivity index (χ1v) is 13.5. The third-order valence-electron chi connectivity index (χ3n) is 8.15. The number of carbonyl (C=O) groups excluding carboxylic acids is 2. The highest BCUT2D eigenvalue weighted by atomic mass is 32.2. The molecule has 3 fully saturated rings. The molecule has 8 unspecified atom stereocenters. The number of carbonyl (C=O) groups is 3. The molecule has 2 aliphatic carbocycles. The lowest BCUT2D eigenvalue weighted by Crippen LogP contribution is -2.49. The van der Waals surface area contributed by atoms with Crippen molar-refractivity contribution in [1.82, 2.24) is 9.88 Å². The van der Waals surface area contributed by atoms with E-state index >= 15 is 0 Å². The summed E-state index contributed by atoms with van der Waals surface area (Å²) in [6.45, 7) is 3.45. The van der Waals surface area contributed by atoms with Gasteiger partial charge in [0.2, 0.25) is 11.8 Å². The lowest BCUT2D eigenvalue weighted by Gasteiger charge is -2.43. The van der Waals surface area contributed by atoms with Crippen LogP contribution in [0.3, 0.4) is 0 Å². The predicted molar refractivity (Wildman–Crippen MR) is 128 cm³/mol. The number of aliphatic carboxylic acids is 1. The fourth-order valence-corrected chi connectivity index (χ4v) is 10.4. The molecule has 2 N–H and O–H groups in total. The summed E-state index contributed by atoms with van der Waals surface area (Å²) in [5, 5.41) is 10.9. The van der Waals surface area contributed by atoms with E-state index in [0.29, 0.717) is 3.95 Å². The molecule has 1 aromatic carbocycles. The van der Waals surface area contributed by atoms with Crippen LogP contribution in [-0.4, -0.2) is 44.1 Å². The van der Waals surface area contributed by atoms with E-state index in [1.807, 2.05) is 0 Å². The Balaban J connectivity index is 1.44. The molecule has 6 rings (SSSR count). The number of benzene rings is 1. The number of amides is 2. The smallest absolute Gasteiger partial charge is 0.327 e. The van der Waals surface area contributed by atoms with Crippen LogP contribution in [0.4, 0.5) is 4.39 Å². The lowest BCUT2D eigenvalue weighted by atomic mass is 9.68. The van der Waals surface area contributed by atoms with Crippen LogP contribution in [0.25, 0.3) is 0 Å². The van der Waals surface area contributed by atoms with Crippen LogP contribution >= 0.6 is 35.3 Å². The van der Waals surface area contributed by atoms with E-state index in [0.717, 1.165) is 26.8 Å². The molecular weight excluding hydrogens is 495 g/mol. The van der Waals surface area contributed by atoms with Gasteiger partial charge in [-0.15, -0.1) is 23.1 Å². The monoisotopic (exact) mass is 518 g/mol. The average molecular weight is 519 g/mol. The molecule has 8 atom stereocenters. The second-order valence-corrected chi connectivity index (χ2v) is 13.0. The van der Waals surface area contributed by atoms with Crippen molar-refractivity contribution in [3.05, 3.63) is 44.5 Å². The predicted octanol–water partition coefficient (Wildman–Crippen LogP) is 4.53. The number of nitrogens with one attached hydrogen (secondary N) is 1. The molecule has 34 heavy (non-hydrogen) atoms. The Hall–Kier alpha value is -2.04. The van der Waals surface area contributed by atoms with Gasteiger partial charge in [0.1, 0.15) is 11.9 Å². The minimum atomic E-state index is -1.15. The Morgan fingerprint density at radius 2 is 1.82 bits per heavy atom. The number of rotatable bonds is 4. The van der Waals surface area contributed by atoms with Gasteiger partial charge >= 0.3 is 5.97 Å². The molecular formula is C24H23FN2O4S3. The first-order valence-electron chi connectivity index (χ1n) is 11.4. The van der Waals surface area contributed by atoms with E-state index in [4.69, 9.17) is 12.2 Å². The molecule has 0 spiro atoms. The first-order chi connectivity index (χ1) is 16.2. The second kappa shape index (κ2) is 7.73. The number of imide groups is 1. The van der Waals surface area contributed by atoms with Crippen molar-refractivity contribution >= 4 is 53.1 Å². The summed E-state index contributed by atoms with van der Waals surface area (Å²) in [4.78, 5) is 44.6. The SMILES string of the molecule is CC(C)C(C(=O)O)N1C(=O)C2C3CC(C2C1=O)C1C(c2ccc(F)cc2)c2sc(=S)[nH]c2SC31. The largest absolute Gasteiger partial charge is 0.480 e. The number of aromatic nitrogens is 1. The van der Waals surface area contributed by atoms with Gasteiger partial charge in [-0.1, -0.05) is 26.0 Å². The van der Waals surface area contributed by atoms with Gasteiger partial charge in [0.15, 0.2) is 3.95 Å². The van der Waals surface area contributed by atoms with Crippen molar-refractivity contribution < 1.29 is 23.9 Å². The minimum Gasteiger partial charge on any atom is -0.480 e. The summed E-state index contributed by atoms with van der Waals surface area (Å²) < 4.78 is 14.4. The highest BCUT2D eigenvalue weighted by molar-refractivity contribution is 8.00. The van der Waals surface area contributed by atoms with E-state index in [1.54, 1.807) is 37.7 Å². The number of hydrogen-bond donors (Lipinski definition) is 2. The topological polar surface area (TPSA) is 90.5 Å². The Morgan fingerprint density at radius 1 is 1.18 bits per heavy atom. The summed E-state index contributed by atoms with van der Waals surface area (Å²) in [7, 11) is 0. The Morgan fingerprint density at radius 3 is 2.44 bits per heavy atom. The van der Waals surface area contributed by atoms with E-state index in [-0.39, 0.29) is 52.5 Å². The molecule has 2 aromatic rings. The summed E-state index contributed by atoms with van der Waals surface area (Å²) in [6.07, 6.45) is 0.774. The number of fused-ring (bicyclic) bond motifs is 9. The maximum atomic E-state index is 13.7. The number of halogens is 1. The third-order valence-corrected chi connectivity index (χ3v) is 11.1. The highest BCUT2D eigenvalue weighted by Crippen LogP contribution is 2.69. The lowest BCUT2D eigenvalue weighted by molar-refractivity contribution is -0.157. The molecule has 178 valence electrons. The van der Waals surface area contributed by atoms with Crippen molar-refractivity contribution in [2.75, 3.05) is 0 Å². The van der Waals surface area contributed by atoms with Gasteiger partial charge in [-0.3, -0.25) is 14.5 Å². The van der Waals surface area contributed by atoms with E-state index < -0.39 is 23.8 Å². The zero-order valence-corrected chi connectivity index (χ0v) is 20.9. The highest BCUT2D eigenvalue weighted by Gasteiger charge is 2.70. The Bertz CT molecular complexity index is 1270. The Labute approximate surface area is 208 Å². The van der Waals surface area contributed by atoms with E-state index in [9.17, 15) is 23.9 Å². The van der Waals surface area contributed by atoms with Crippen molar-refractivity contribution in [3.63, 3.8) is 0 Å². The number of likely N-dealkylation sites (tertiary alicyclic amines) is 1. The molecule has 3 heterocycles. The molecule has 2 amide bonds. The normalized spacial score (nSPS) is 34.4. The van der Waals surface area contributed by atoms with E-state index in [2.05, 4.69) is 4.98 Å². The fourth-order valence-electron chi connectivity index (χ4n) is 7.05. The summed E-state index contributed by atoms with van der Waals surface area (Å²) >= 11 is 8.66. The number of carboxylic acid groups (broad SMARTS) is 1. The number of carboxylic acids is 1. The number of thiazole rings is 1. The van der Waals surface area contributed by atoms with Crippen LogP contribution in [0.2, 0.25) is 0 Å². The van der Waals surface area contributed by atoms with E-state index in [1.165, 1.54) is 23.5 Å². The van der Waals surface area contributed by atoms with Crippen molar-refractivity contribution in [2.45, 2.75) is 42.5 Å². The average Bonchev–Trinajstić information content (AvgIpc) is 3.49. The zero-order chi connectivity index (χ0) is 24.0.